The van der Waals surface area contributed by atoms with E-state index in [1.807, 2.05) is 24.3 Å². The highest BCUT2D eigenvalue weighted by Gasteiger charge is 2.27. The van der Waals surface area contributed by atoms with Gasteiger partial charge in [0.05, 0.1) is 19.3 Å². The maximum atomic E-state index is 9.74. The van der Waals surface area contributed by atoms with Crippen molar-refractivity contribution in [2.75, 3.05) is 13.7 Å². The molecule has 3 nitrogen and oxygen atoms in total. The van der Waals surface area contributed by atoms with E-state index in [0.29, 0.717) is 0 Å². The van der Waals surface area contributed by atoms with Gasteiger partial charge >= 0.3 is 0 Å². The first-order valence-electron chi connectivity index (χ1n) is 4.87. The maximum Gasteiger partial charge on any atom is 0.123 e. The van der Waals surface area contributed by atoms with E-state index in [1.165, 1.54) is 0 Å². The summed E-state index contributed by atoms with van der Waals surface area (Å²) in [6.07, 6.45) is 0.509. The van der Waals surface area contributed by atoms with Crippen molar-refractivity contribution in [3.05, 3.63) is 29.8 Å². The third-order valence-electron chi connectivity index (χ3n) is 2.66. The number of rotatable bonds is 2. The molecule has 2 rings (SSSR count). The van der Waals surface area contributed by atoms with Crippen molar-refractivity contribution in [2.45, 2.75) is 18.6 Å². The van der Waals surface area contributed by atoms with E-state index < -0.39 is 0 Å². The van der Waals surface area contributed by atoms with E-state index in [1.54, 1.807) is 7.11 Å². The van der Waals surface area contributed by atoms with Crippen LogP contribution in [0, 0.1) is 0 Å². The minimum absolute atomic E-state index is 0.0196. The second-order valence-corrected chi connectivity index (χ2v) is 3.53. The Morgan fingerprint density at radius 2 is 2.21 bits per heavy atom. The summed E-state index contributed by atoms with van der Waals surface area (Å²) in [4.78, 5) is 0. The molecule has 1 aliphatic heterocycles. The van der Waals surface area contributed by atoms with Gasteiger partial charge in [0.25, 0.3) is 0 Å². The van der Waals surface area contributed by atoms with Crippen LogP contribution in [0.15, 0.2) is 24.3 Å². The molecule has 0 spiro atoms. The molecule has 1 heterocycles. The fourth-order valence-corrected chi connectivity index (χ4v) is 1.93. The SMILES string of the molecule is COc1ccccc1[C@H]1NCC[C@H]1O. The van der Waals surface area contributed by atoms with Gasteiger partial charge in [0, 0.05) is 5.56 Å². The van der Waals surface area contributed by atoms with Gasteiger partial charge in [-0.25, -0.2) is 0 Å². The summed E-state index contributed by atoms with van der Waals surface area (Å²) in [5, 5.41) is 13.0. The molecule has 1 aliphatic rings. The average Bonchev–Trinajstić information content (AvgIpc) is 2.64. The molecule has 76 valence electrons. The Morgan fingerprint density at radius 3 is 2.86 bits per heavy atom. The number of methoxy groups -OCH3 is 1. The minimum Gasteiger partial charge on any atom is -0.496 e. The Hall–Kier alpha value is -1.06. The lowest BCUT2D eigenvalue weighted by atomic mass is 10.0. The topological polar surface area (TPSA) is 41.5 Å². The fraction of sp³-hybridized carbons (Fsp3) is 0.455. The summed E-state index contributed by atoms with van der Waals surface area (Å²) in [6.45, 7) is 0.865. The van der Waals surface area contributed by atoms with E-state index in [-0.39, 0.29) is 12.1 Å². The highest BCUT2D eigenvalue weighted by atomic mass is 16.5. The van der Waals surface area contributed by atoms with Gasteiger partial charge in [-0.05, 0) is 19.0 Å². The quantitative estimate of drug-likeness (QED) is 0.738. The van der Waals surface area contributed by atoms with E-state index in [0.717, 1.165) is 24.3 Å². The van der Waals surface area contributed by atoms with Gasteiger partial charge in [0.15, 0.2) is 0 Å². The first-order valence-corrected chi connectivity index (χ1v) is 4.87. The van der Waals surface area contributed by atoms with Crippen LogP contribution in [-0.4, -0.2) is 24.9 Å². The molecule has 2 N–H and O–H groups in total. The second kappa shape index (κ2) is 3.98. The van der Waals surface area contributed by atoms with Crippen molar-refractivity contribution >= 4 is 0 Å². The minimum atomic E-state index is -0.300. The molecule has 1 aromatic rings. The molecule has 0 bridgehead atoms. The second-order valence-electron chi connectivity index (χ2n) is 3.53. The first-order chi connectivity index (χ1) is 6.83. The summed E-state index contributed by atoms with van der Waals surface area (Å²) in [6, 6.07) is 7.83. The third-order valence-corrected chi connectivity index (χ3v) is 2.66. The molecule has 0 amide bonds. The molecule has 1 aromatic carbocycles. The molecule has 0 aromatic heterocycles. The number of nitrogens with one attached hydrogen (secondary N) is 1. The smallest absolute Gasteiger partial charge is 0.123 e. The lowest BCUT2D eigenvalue weighted by Gasteiger charge is -2.17. The molecule has 14 heavy (non-hydrogen) atoms. The molecule has 3 heteroatoms. The van der Waals surface area contributed by atoms with Crippen LogP contribution in [0.2, 0.25) is 0 Å². The van der Waals surface area contributed by atoms with Gasteiger partial charge in [-0.1, -0.05) is 18.2 Å². The van der Waals surface area contributed by atoms with E-state index in [9.17, 15) is 5.11 Å². The van der Waals surface area contributed by atoms with Crippen molar-refractivity contribution in [3.8, 4) is 5.75 Å². The highest BCUT2D eigenvalue weighted by Crippen LogP contribution is 2.30. The highest BCUT2D eigenvalue weighted by molar-refractivity contribution is 5.37. The Bertz CT molecular complexity index is 314. The lowest BCUT2D eigenvalue weighted by molar-refractivity contribution is 0.158. The van der Waals surface area contributed by atoms with Crippen molar-refractivity contribution in [2.24, 2.45) is 0 Å². The Labute approximate surface area is 83.7 Å². The number of benzene rings is 1. The number of hydrogen-bond acceptors (Lipinski definition) is 3. The fourth-order valence-electron chi connectivity index (χ4n) is 1.93. The number of aliphatic hydroxyl groups excluding tert-OH is 1. The molecule has 0 aliphatic carbocycles. The Morgan fingerprint density at radius 1 is 1.43 bits per heavy atom. The van der Waals surface area contributed by atoms with Gasteiger partial charge in [-0.3, -0.25) is 0 Å². The van der Waals surface area contributed by atoms with Gasteiger partial charge in [-0.15, -0.1) is 0 Å². The molecule has 0 radical (unpaired) electrons. The van der Waals surface area contributed by atoms with Crippen LogP contribution in [-0.2, 0) is 0 Å². The van der Waals surface area contributed by atoms with Crippen LogP contribution in [0.1, 0.15) is 18.0 Å². The number of hydrogen-bond donors (Lipinski definition) is 2. The third kappa shape index (κ3) is 1.61. The van der Waals surface area contributed by atoms with Crippen molar-refractivity contribution in [1.82, 2.24) is 5.32 Å². The van der Waals surface area contributed by atoms with Crippen LogP contribution in [0.3, 0.4) is 0 Å². The molecule has 1 saturated heterocycles. The summed E-state index contributed by atoms with van der Waals surface area (Å²) >= 11 is 0. The van der Waals surface area contributed by atoms with Gasteiger partial charge in [-0.2, -0.15) is 0 Å². The summed E-state index contributed by atoms with van der Waals surface area (Å²) in [5.74, 6) is 0.839. The van der Waals surface area contributed by atoms with E-state index >= 15 is 0 Å². The van der Waals surface area contributed by atoms with Crippen LogP contribution in [0.25, 0.3) is 0 Å². The van der Waals surface area contributed by atoms with E-state index in [4.69, 9.17) is 4.74 Å². The van der Waals surface area contributed by atoms with Crippen LogP contribution < -0.4 is 10.1 Å². The molecule has 1 fully saturated rings. The zero-order valence-corrected chi connectivity index (χ0v) is 8.23. The van der Waals surface area contributed by atoms with Crippen molar-refractivity contribution < 1.29 is 9.84 Å². The number of aliphatic hydroxyl groups is 1. The molecule has 2 atom stereocenters. The lowest BCUT2D eigenvalue weighted by Crippen LogP contribution is -2.21. The standard InChI is InChI=1S/C11H15NO2/c1-14-10-5-3-2-4-8(10)11-9(13)6-7-12-11/h2-5,9,11-13H,6-7H2,1H3/t9-,11-/m1/s1. The molecular weight excluding hydrogens is 178 g/mol. The normalized spacial score (nSPS) is 26.4. The monoisotopic (exact) mass is 193 g/mol. The molecule has 0 saturated carbocycles. The summed E-state index contributed by atoms with van der Waals surface area (Å²) < 4.78 is 5.25. The van der Waals surface area contributed by atoms with Crippen LogP contribution in [0.5, 0.6) is 5.75 Å². The zero-order valence-electron chi connectivity index (χ0n) is 8.23. The van der Waals surface area contributed by atoms with Crippen molar-refractivity contribution in [3.63, 3.8) is 0 Å². The van der Waals surface area contributed by atoms with Gasteiger partial charge in [0.1, 0.15) is 5.75 Å². The largest absolute Gasteiger partial charge is 0.496 e. The Kier molecular flexibility index (Phi) is 2.70. The predicted molar refractivity (Wildman–Crippen MR) is 54.4 cm³/mol. The van der Waals surface area contributed by atoms with Crippen LogP contribution >= 0.6 is 0 Å². The average molecular weight is 193 g/mol. The summed E-state index contributed by atoms with van der Waals surface area (Å²) in [7, 11) is 1.65. The molecular formula is C11H15NO2. The van der Waals surface area contributed by atoms with Crippen LogP contribution in [0.4, 0.5) is 0 Å². The molecule has 0 unspecified atom stereocenters. The zero-order chi connectivity index (χ0) is 9.97. The predicted octanol–water partition coefficient (Wildman–Crippen LogP) is 1.09. The number of para-hydroxylation sites is 1. The van der Waals surface area contributed by atoms with E-state index in [2.05, 4.69) is 5.32 Å². The maximum absolute atomic E-state index is 9.74. The van der Waals surface area contributed by atoms with Crippen molar-refractivity contribution in [1.29, 1.82) is 0 Å². The summed E-state index contributed by atoms with van der Waals surface area (Å²) in [5.41, 5.74) is 1.04. The van der Waals surface area contributed by atoms with Gasteiger partial charge in [0.2, 0.25) is 0 Å². The Balaban J connectivity index is 2.30. The van der Waals surface area contributed by atoms with Gasteiger partial charge < -0.3 is 15.2 Å². The number of ether oxygens (including phenoxy) is 1. The first kappa shape index (κ1) is 9.49.